The number of carbonyl (C=O) groups excluding carboxylic acids is 1. The molecular formula is C16H21ClN2O. The molecular weight excluding hydrogens is 272 g/mol. The summed E-state index contributed by atoms with van der Waals surface area (Å²) in [5.74, 6) is 0.181. The summed E-state index contributed by atoms with van der Waals surface area (Å²) in [5, 5.41) is 3.95. The number of benzene rings is 1. The number of likely N-dealkylation sites (tertiary alicyclic amines) is 1. The highest BCUT2D eigenvalue weighted by Gasteiger charge is 2.51. The van der Waals surface area contributed by atoms with Crippen LogP contribution in [0.3, 0.4) is 0 Å². The van der Waals surface area contributed by atoms with Crippen LogP contribution in [0.4, 0.5) is 0 Å². The third kappa shape index (κ3) is 2.70. The third-order valence-electron chi connectivity index (χ3n) is 4.52. The van der Waals surface area contributed by atoms with Crippen molar-refractivity contribution < 1.29 is 4.79 Å². The first kappa shape index (κ1) is 13.9. The Labute approximate surface area is 125 Å². The minimum absolute atomic E-state index is 0.181. The Morgan fingerprint density at radius 3 is 2.90 bits per heavy atom. The van der Waals surface area contributed by atoms with E-state index in [1.54, 1.807) is 0 Å². The molecule has 0 radical (unpaired) electrons. The van der Waals surface area contributed by atoms with Gasteiger partial charge in [-0.1, -0.05) is 23.7 Å². The van der Waals surface area contributed by atoms with E-state index >= 15 is 0 Å². The molecule has 4 heteroatoms. The van der Waals surface area contributed by atoms with Crippen LogP contribution in [-0.2, 0) is 10.2 Å². The molecule has 3 nitrogen and oxygen atoms in total. The van der Waals surface area contributed by atoms with Crippen molar-refractivity contribution >= 4 is 17.5 Å². The Kier molecular flexibility index (Phi) is 3.74. The van der Waals surface area contributed by atoms with Gasteiger partial charge < -0.3 is 10.2 Å². The average Bonchev–Trinajstić information content (AvgIpc) is 3.20. The molecule has 20 heavy (non-hydrogen) atoms. The fraction of sp³-hybridized carbons (Fsp3) is 0.562. The Hall–Kier alpha value is -1.06. The fourth-order valence-electron chi connectivity index (χ4n) is 3.17. The Bertz CT molecular complexity index is 513. The fourth-order valence-corrected chi connectivity index (χ4v) is 3.36. The third-order valence-corrected chi connectivity index (χ3v) is 4.76. The second-order valence-corrected chi connectivity index (χ2v) is 6.60. The molecule has 1 atom stereocenters. The molecule has 1 aliphatic heterocycles. The lowest BCUT2D eigenvalue weighted by Gasteiger charge is -2.31. The molecule has 1 saturated carbocycles. The summed E-state index contributed by atoms with van der Waals surface area (Å²) in [6.07, 6.45) is 4.11. The number of halogens is 1. The summed E-state index contributed by atoms with van der Waals surface area (Å²) >= 11 is 6.06. The molecule has 0 bridgehead atoms. The van der Waals surface area contributed by atoms with Crippen molar-refractivity contribution in [2.75, 3.05) is 20.1 Å². The Morgan fingerprint density at radius 2 is 2.25 bits per heavy atom. The molecule has 2 aliphatic rings. The predicted molar refractivity (Wildman–Crippen MR) is 81.0 cm³/mol. The molecule has 2 fully saturated rings. The van der Waals surface area contributed by atoms with Crippen molar-refractivity contribution in [3.8, 4) is 0 Å². The summed E-state index contributed by atoms with van der Waals surface area (Å²) in [6.45, 7) is 2.09. The number of carbonyl (C=O) groups is 1. The molecule has 0 aromatic heterocycles. The number of nitrogens with one attached hydrogen (secondary N) is 1. The number of nitrogens with zero attached hydrogens (tertiary/aromatic N) is 1. The second kappa shape index (κ2) is 5.38. The van der Waals surface area contributed by atoms with Crippen LogP contribution in [0.15, 0.2) is 24.3 Å². The normalized spacial score (nSPS) is 25.2. The molecule has 3 rings (SSSR count). The summed E-state index contributed by atoms with van der Waals surface area (Å²) in [5.41, 5.74) is 0.743. The zero-order chi connectivity index (χ0) is 14.2. The van der Waals surface area contributed by atoms with Crippen molar-refractivity contribution in [3.63, 3.8) is 0 Å². The maximum Gasteiger partial charge on any atom is 0.230 e. The topological polar surface area (TPSA) is 32.3 Å². The lowest BCUT2D eigenvalue weighted by molar-refractivity contribution is -0.124. The smallest absolute Gasteiger partial charge is 0.230 e. The van der Waals surface area contributed by atoms with Crippen LogP contribution in [0.25, 0.3) is 0 Å². The van der Waals surface area contributed by atoms with Gasteiger partial charge in [0, 0.05) is 17.6 Å². The van der Waals surface area contributed by atoms with Gasteiger partial charge in [-0.3, -0.25) is 4.79 Å². The van der Waals surface area contributed by atoms with Crippen LogP contribution in [-0.4, -0.2) is 37.0 Å². The first-order valence-corrected chi connectivity index (χ1v) is 7.73. The first-order chi connectivity index (χ1) is 9.60. The highest BCUT2D eigenvalue weighted by molar-refractivity contribution is 6.30. The number of rotatable bonds is 3. The standard InChI is InChI=1S/C16H21ClN2O/c1-19-9-3-6-14(11-19)18-15(20)16(7-8-16)12-4-2-5-13(17)10-12/h2,4-5,10,14H,3,6-9,11H2,1H3,(H,18,20)/t14-/m0/s1. The number of likely N-dealkylation sites (N-methyl/N-ethyl adjacent to an activating group) is 1. The van der Waals surface area contributed by atoms with Gasteiger partial charge in [-0.15, -0.1) is 0 Å². The van der Waals surface area contributed by atoms with Crippen LogP contribution in [0.1, 0.15) is 31.2 Å². The van der Waals surface area contributed by atoms with Crippen LogP contribution < -0.4 is 5.32 Å². The molecule has 108 valence electrons. The molecule has 1 aliphatic carbocycles. The molecule has 1 saturated heterocycles. The molecule has 0 spiro atoms. The Balaban J connectivity index is 1.70. The largest absolute Gasteiger partial charge is 0.351 e. The van der Waals surface area contributed by atoms with E-state index in [9.17, 15) is 4.79 Å². The van der Waals surface area contributed by atoms with Gasteiger partial charge in [0.1, 0.15) is 0 Å². The van der Waals surface area contributed by atoms with E-state index in [0.717, 1.165) is 44.3 Å². The predicted octanol–water partition coefficient (Wildman–Crippen LogP) is 2.58. The lowest BCUT2D eigenvalue weighted by atomic mass is 9.94. The van der Waals surface area contributed by atoms with Crippen LogP contribution in [0.5, 0.6) is 0 Å². The minimum Gasteiger partial charge on any atom is -0.351 e. The summed E-state index contributed by atoms with van der Waals surface area (Å²) in [6, 6.07) is 8.03. The highest BCUT2D eigenvalue weighted by Crippen LogP contribution is 2.49. The van der Waals surface area contributed by atoms with Gasteiger partial charge in [0.25, 0.3) is 0 Å². The minimum atomic E-state index is -0.319. The van der Waals surface area contributed by atoms with Gasteiger partial charge in [0.05, 0.1) is 5.41 Å². The van der Waals surface area contributed by atoms with E-state index in [1.165, 1.54) is 0 Å². The van der Waals surface area contributed by atoms with E-state index < -0.39 is 0 Å². The van der Waals surface area contributed by atoms with E-state index in [0.29, 0.717) is 5.02 Å². The van der Waals surface area contributed by atoms with E-state index in [2.05, 4.69) is 17.3 Å². The average molecular weight is 293 g/mol. The number of amides is 1. The van der Waals surface area contributed by atoms with Gasteiger partial charge in [0.2, 0.25) is 5.91 Å². The van der Waals surface area contributed by atoms with E-state index in [1.807, 2.05) is 24.3 Å². The molecule has 1 amide bonds. The van der Waals surface area contributed by atoms with Gasteiger partial charge in [-0.25, -0.2) is 0 Å². The number of piperidine rings is 1. The zero-order valence-electron chi connectivity index (χ0n) is 11.9. The summed E-state index contributed by atoms with van der Waals surface area (Å²) in [7, 11) is 2.11. The zero-order valence-corrected chi connectivity index (χ0v) is 12.6. The van der Waals surface area contributed by atoms with Gasteiger partial charge in [0.15, 0.2) is 0 Å². The van der Waals surface area contributed by atoms with E-state index in [4.69, 9.17) is 11.6 Å². The molecule has 1 aromatic carbocycles. The molecule has 1 heterocycles. The molecule has 1 N–H and O–H groups in total. The van der Waals surface area contributed by atoms with Crippen LogP contribution in [0.2, 0.25) is 5.02 Å². The van der Waals surface area contributed by atoms with Gasteiger partial charge >= 0.3 is 0 Å². The second-order valence-electron chi connectivity index (χ2n) is 6.17. The van der Waals surface area contributed by atoms with Crippen molar-refractivity contribution in [3.05, 3.63) is 34.9 Å². The van der Waals surface area contributed by atoms with Gasteiger partial charge in [-0.2, -0.15) is 0 Å². The lowest BCUT2D eigenvalue weighted by Crippen LogP contribution is -2.49. The van der Waals surface area contributed by atoms with Gasteiger partial charge in [-0.05, 0) is 57.0 Å². The van der Waals surface area contributed by atoms with Crippen molar-refractivity contribution in [2.24, 2.45) is 0 Å². The monoisotopic (exact) mass is 292 g/mol. The Morgan fingerprint density at radius 1 is 1.45 bits per heavy atom. The maximum absolute atomic E-state index is 12.6. The number of hydrogen-bond acceptors (Lipinski definition) is 2. The van der Waals surface area contributed by atoms with Crippen molar-refractivity contribution in [2.45, 2.75) is 37.1 Å². The molecule has 1 aromatic rings. The first-order valence-electron chi connectivity index (χ1n) is 7.36. The van der Waals surface area contributed by atoms with Crippen molar-refractivity contribution in [1.82, 2.24) is 10.2 Å². The summed E-state index contributed by atoms with van der Waals surface area (Å²) in [4.78, 5) is 14.9. The van der Waals surface area contributed by atoms with Crippen LogP contribution in [0, 0.1) is 0 Å². The van der Waals surface area contributed by atoms with Crippen molar-refractivity contribution in [1.29, 1.82) is 0 Å². The highest BCUT2D eigenvalue weighted by atomic mass is 35.5. The van der Waals surface area contributed by atoms with Crippen LogP contribution >= 0.6 is 11.6 Å². The maximum atomic E-state index is 12.6. The molecule has 0 unspecified atom stereocenters. The SMILES string of the molecule is CN1CCC[C@H](NC(=O)C2(c3cccc(Cl)c3)CC2)C1. The van der Waals surface area contributed by atoms with E-state index in [-0.39, 0.29) is 17.4 Å². The summed E-state index contributed by atoms with van der Waals surface area (Å²) < 4.78 is 0. The number of hydrogen-bond donors (Lipinski definition) is 1. The quantitative estimate of drug-likeness (QED) is 0.929.